The lowest BCUT2D eigenvalue weighted by Gasteiger charge is -2.58. The minimum absolute atomic E-state index is 0.0519. The van der Waals surface area contributed by atoms with Gasteiger partial charge >= 0.3 is 10.4 Å². The zero-order valence-electron chi connectivity index (χ0n) is 23.7. The molecule has 4 aliphatic carbocycles. The SMILES string of the molecule is CCC(O[C@H]1CC[C@@]2(C)C(=CC[C@H]3[C@@H]4CC[C@H]([C@H](C)CCCC(C)C)[C@@]4(C)CC[C@@H]32)C1)OS(=O)(=O)O. The lowest BCUT2D eigenvalue weighted by molar-refractivity contribution is -0.136. The highest BCUT2D eigenvalue weighted by Gasteiger charge is 2.59. The van der Waals surface area contributed by atoms with E-state index in [9.17, 15) is 8.42 Å². The van der Waals surface area contributed by atoms with Crippen molar-refractivity contribution < 1.29 is 21.9 Å². The fraction of sp³-hybridized carbons (Fsp3) is 0.933. The van der Waals surface area contributed by atoms with Crippen LogP contribution in [0.5, 0.6) is 0 Å². The van der Waals surface area contributed by atoms with E-state index in [2.05, 4.69) is 40.7 Å². The molecule has 3 saturated carbocycles. The largest absolute Gasteiger partial charge is 0.399 e. The Balaban J connectivity index is 1.43. The Morgan fingerprint density at radius 3 is 2.47 bits per heavy atom. The first-order valence-corrected chi connectivity index (χ1v) is 16.2. The van der Waals surface area contributed by atoms with Gasteiger partial charge < -0.3 is 4.74 Å². The topological polar surface area (TPSA) is 72.8 Å². The summed E-state index contributed by atoms with van der Waals surface area (Å²) in [6.45, 7) is 14.2. The summed E-state index contributed by atoms with van der Waals surface area (Å²) in [5.41, 5.74) is 2.25. The van der Waals surface area contributed by atoms with Gasteiger partial charge in [0, 0.05) is 0 Å². The van der Waals surface area contributed by atoms with E-state index < -0.39 is 16.7 Å². The summed E-state index contributed by atoms with van der Waals surface area (Å²) in [6.07, 6.45) is 15.7. The number of hydrogen-bond donors (Lipinski definition) is 1. The first-order valence-electron chi connectivity index (χ1n) is 14.9. The molecule has 5 nitrogen and oxygen atoms in total. The lowest BCUT2D eigenvalue weighted by atomic mass is 9.47. The Kier molecular flexibility index (Phi) is 8.71. The van der Waals surface area contributed by atoms with E-state index in [1.54, 1.807) is 0 Å². The van der Waals surface area contributed by atoms with Crippen LogP contribution in [0.3, 0.4) is 0 Å². The molecule has 0 spiro atoms. The second-order valence-electron chi connectivity index (χ2n) is 13.7. The van der Waals surface area contributed by atoms with E-state index in [0.717, 1.165) is 54.8 Å². The summed E-state index contributed by atoms with van der Waals surface area (Å²) in [5.74, 6) is 4.94. The Bertz CT molecular complexity index is 897. The maximum atomic E-state index is 11.2. The molecule has 0 aliphatic heterocycles. The van der Waals surface area contributed by atoms with Gasteiger partial charge in [-0.1, -0.05) is 72.5 Å². The summed E-state index contributed by atoms with van der Waals surface area (Å²) in [5, 5.41) is 0. The smallest absolute Gasteiger partial charge is 0.348 e. The lowest BCUT2D eigenvalue weighted by Crippen LogP contribution is -2.51. The number of rotatable bonds is 10. The summed E-state index contributed by atoms with van der Waals surface area (Å²) in [7, 11) is -4.51. The molecule has 6 heteroatoms. The standard InChI is InChI=1S/C30H52O5S/c1-7-28(35-36(31,32)33)34-23-15-17-29(5)22(19-23)11-12-24-26-14-13-25(21(4)10-8-9-20(2)3)30(26,6)18-16-27(24)29/h11,20-21,23-28H,7-10,12-19H2,1-6H3,(H,31,32,33)/t21-,23+,24+,25-,26+,27+,28?,29+,30-/m1/s1. The third kappa shape index (κ3) is 5.77. The van der Waals surface area contributed by atoms with Gasteiger partial charge in [-0.2, -0.15) is 8.42 Å². The third-order valence-electron chi connectivity index (χ3n) is 11.2. The average Bonchev–Trinajstić information content (AvgIpc) is 3.15. The van der Waals surface area contributed by atoms with Crippen LogP contribution in [-0.4, -0.2) is 25.4 Å². The van der Waals surface area contributed by atoms with E-state index in [0.29, 0.717) is 11.8 Å². The number of allylic oxidation sites excluding steroid dienone is 1. The van der Waals surface area contributed by atoms with Gasteiger partial charge in [-0.05, 0) is 104 Å². The fourth-order valence-corrected chi connectivity index (χ4v) is 9.76. The molecule has 0 bridgehead atoms. The number of ether oxygens (including phenoxy) is 1. The molecule has 3 fully saturated rings. The van der Waals surface area contributed by atoms with Gasteiger partial charge in [0.25, 0.3) is 0 Å². The Hall–Kier alpha value is -0.430. The van der Waals surface area contributed by atoms with E-state index >= 15 is 0 Å². The minimum atomic E-state index is -4.51. The Morgan fingerprint density at radius 2 is 1.81 bits per heavy atom. The average molecular weight is 525 g/mol. The highest BCUT2D eigenvalue weighted by Crippen LogP contribution is 2.67. The van der Waals surface area contributed by atoms with Crippen LogP contribution in [0.15, 0.2) is 11.6 Å². The van der Waals surface area contributed by atoms with E-state index in [4.69, 9.17) is 13.5 Å². The van der Waals surface area contributed by atoms with E-state index in [1.807, 2.05) is 6.92 Å². The first-order chi connectivity index (χ1) is 16.9. The van der Waals surface area contributed by atoms with Gasteiger partial charge in [-0.15, -0.1) is 0 Å². The number of fused-ring (bicyclic) bond motifs is 5. The quantitative estimate of drug-likeness (QED) is 0.178. The Labute approximate surface area is 221 Å². The van der Waals surface area contributed by atoms with E-state index in [1.165, 1.54) is 56.9 Å². The van der Waals surface area contributed by atoms with Gasteiger partial charge in [-0.3, -0.25) is 4.55 Å². The minimum Gasteiger partial charge on any atom is -0.348 e. The predicted molar refractivity (Wildman–Crippen MR) is 145 cm³/mol. The van der Waals surface area contributed by atoms with Crippen LogP contribution in [0.25, 0.3) is 0 Å². The van der Waals surface area contributed by atoms with Crippen LogP contribution in [0.4, 0.5) is 0 Å². The van der Waals surface area contributed by atoms with Crippen molar-refractivity contribution in [3.8, 4) is 0 Å². The van der Waals surface area contributed by atoms with Crippen molar-refractivity contribution in [2.24, 2.45) is 46.3 Å². The molecule has 0 radical (unpaired) electrons. The molecule has 208 valence electrons. The van der Waals surface area contributed by atoms with Gasteiger partial charge in [0.1, 0.15) is 0 Å². The summed E-state index contributed by atoms with van der Waals surface area (Å²) in [4.78, 5) is 0. The molecular weight excluding hydrogens is 472 g/mol. The highest BCUT2D eigenvalue weighted by molar-refractivity contribution is 7.80. The molecule has 0 saturated heterocycles. The van der Waals surface area contributed by atoms with Gasteiger partial charge in [0.05, 0.1) is 6.10 Å². The van der Waals surface area contributed by atoms with Crippen LogP contribution in [-0.2, 0) is 19.3 Å². The normalized spacial score (nSPS) is 40.2. The van der Waals surface area contributed by atoms with Crippen molar-refractivity contribution in [2.45, 2.75) is 131 Å². The van der Waals surface area contributed by atoms with Crippen LogP contribution in [0.1, 0.15) is 119 Å². The summed E-state index contributed by atoms with van der Waals surface area (Å²) >= 11 is 0. The van der Waals surface area contributed by atoms with Crippen molar-refractivity contribution in [2.75, 3.05) is 0 Å². The van der Waals surface area contributed by atoms with E-state index in [-0.39, 0.29) is 11.5 Å². The molecule has 0 amide bonds. The molecule has 4 aliphatic rings. The van der Waals surface area contributed by atoms with Crippen molar-refractivity contribution >= 4 is 10.4 Å². The fourth-order valence-electron chi connectivity index (χ4n) is 9.31. The highest BCUT2D eigenvalue weighted by atomic mass is 32.3. The summed E-state index contributed by atoms with van der Waals surface area (Å²) in [6, 6.07) is 0. The third-order valence-corrected chi connectivity index (χ3v) is 11.6. The summed E-state index contributed by atoms with van der Waals surface area (Å²) < 4.78 is 42.2. The molecule has 0 heterocycles. The van der Waals surface area contributed by atoms with Crippen LogP contribution in [0.2, 0.25) is 0 Å². The zero-order valence-corrected chi connectivity index (χ0v) is 24.5. The Morgan fingerprint density at radius 1 is 1.06 bits per heavy atom. The van der Waals surface area contributed by atoms with Crippen molar-refractivity contribution in [1.82, 2.24) is 0 Å². The van der Waals surface area contributed by atoms with Crippen molar-refractivity contribution in [1.29, 1.82) is 0 Å². The monoisotopic (exact) mass is 524 g/mol. The van der Waals surface area contributed by atoms with Gasteiger partial charge in [0.2, 0.25) is 0 Å². The molecule has 9 atom stereocenters. The molecule has 1 N–H and O–H groups in total. The van der Waals surface area contributed by atoms with Gasteiger partial charge in [0.15, 0.2) is 6.29 Å². The van der Waals surface area contributed by atoms with Crippen molar-refractivity contribution in [3.63, 3.8) is 0 Å². The van der Waals surface area contributed by atoms with Gasteiger partial charge in [-0.25, -0.2) is 4.18 Å². The molecule has 0 aromatic heterocycles. The second kappa shape index (κ2) is 11.0. The molecule has 1 unspecified atom stereocenters. The number of hydrogen-bond acceptors (Lipinski definition) is 4. The maximum absolute atomic E-state index is 11.2. The second-order valence-corrected chi connectivity index (χ2v) is 14.7. The predicted octanol–water partition coefficient (Wildman–Crippen LogP) is 7.97. The van der Waals surface area contributed by atoms with Crippen molar-refractivity contribution in [3.05, 3.63) is 11.6 Å². The van der Waals surface area contributed by atoms with Crippen LogP contribution in [0, 0.1) is 46.3 Å². The molecule has 0 aromatic rings. The van der Waals surface area contributed by atoms with Crippen LogP contribution < -0.4 is 0 Å². The molecule has 36 heavy (non-hydrogen) atoms. The molecule has 4 rings (SSSR count). The molecular formula is C30H52O5S. The maximum Gasteiger partial charge on any atom is 0.399 e. The first kappa shape index (κ1) is 28.6. The van der Waals surface area contributed by atoms with Crippen LogP contribution >= 0.6 is 0 Å². The molecule has 0 aromatic carbocycles. The zero-order chi connectivity index (χ0) is 26.3.